The van der Waals surface area contributed by atoms with Crippen LogP contribution in [0.5, 0.6) is 0 Å². The van der Waals surface area contributed by atoms with Gasteiger partial charge >= 0.3 is 0 Å². The Morgan fingerprint density at radius 2 is 1.68 bits per heavy atom. The Morgan fingerprint density at radius 1 is 1.02 bits per heavy atom. The molecule has 2 heterocycles. The molecular formula is C31H44N4O4S2. The first kappa shape index (κ1) is 31.6. The smallest absolute Gasteiger partial charge is 0.260 e. The maximum Gasteiger partial charge on any atom is 0.260 e. The van der Waals surface area contributed by atoms with E-state index in [4.69, 9.17) is 9.72 Å². The Labute approximate surface area is 249 Å². The second-order valence-corrected chi connectivity index (χ2v) is 14.5. The third-order valence-corrected chi connectivity index (χ3v) is 10.1. The van der Waals surface area contributed by atoms with Crippen LogP contribution >= 0.6 is 11.3 Å². The van der Waals surface area contributed by atoms with E-state index in [1.54, 1.807) is 33.5 Å². The zero-order valence-electron chi connectivity index (χ0n) is 25.0. The summed E-state index contributed by atoms with van der Waals surface area (Å²) in [5.41, 5.74) is 2.55. The Bertz CT molecular complexity index is 1390. The lowest BCUT2D eigenvalue weighted by Crippen LogP contribution is -2.39. The zero-order chi connectivity index (χ0) is 29.6. The van der Waals surface area contributed by atoms with E-state index >= 15 is 0 Å². The third-order valence-electron chi connectivity index (χ3n) is 7.18. The molecule has 0 radical (unpaired) electrons. The number of carbonyl (C=O) groups excluding carboxylic acids is 1. The molecule has 1 aromatic heterocycles. The molecule has 1 fully saturated rings. The number of morpholine rings is 1. The Hall–Kier alpha value is -2.37. The molecule has 2 aromatic carbocycles. The lowest BCUT2D eigenvalue weighted by Gasteiger charge is -2.28. The number of hydrogen-bond donors (Lipinski definition) is 0. The fraction of sp³-hybridized carbons (Fsp3) is 0.548. The van der Waals surface area contributed by atoms with Crippen LogP contribution < -0.4 is 4.90 Å². The molecule has 3 aromatic rings. The van der Waals surface area contributed by atoms with Gasteiger partial charge in [-0.1, -0.05) is 58.1 Å². The SMILES string of the molecule is CCc1cccc2sc(N(CCCN3CCOCC3)C(=O)c3ccc(S(=O)(=O)N(CC(C)C)CC(C)C)cc3)nc12. The highest BCUT2D eigenvalue weighted by molar-refractivity contribution is 7.89. The molecule has 0 saturated carbocycles. The molecule has 0 N–H and O–H groups in total. The zero-order valence-corrected chi connectivity index (χ0v) is 26.6. The van der Waals surface area contributed by atoms with Crippen LogP contribution in [-0.4, -0.2) is 81.0 Å². The van der Waals surface area contributed by atoms with E-state index < -0.39 is 10.0 Å². The van der Waals surface area contributed by atoms with E-state index in [1.807, 2.05) is 39.8 Å². The van der Waals surface area contributed by atoms with Gasteiger partial charge in [0.2, 0.25) is 10.0 Å². The number of ether oxygens (including phenoxy) is 1. The monoisotopic (exact) mass is 600 g/mol. The molecule has 8 nitrogen and oxygen atoms in total. The molecule has 0 spiro atoms. The van der Waals surface area contributed by atoms with Crippen molar-refractivity contribution in [2.75, 3.05) is 57.4 Å². The Kier molecular flexibility index (Phi) is 10.9. The minimum absolute atomic E-state index is 0.172. The summed E-state index contributed by atoms with van der Waals surface area (Å²) < 4.78 is 35.1. The van der Waals surface area contributed by atoms with Crippen LogP contribution in [0.15, 0.2) is 47.4 Å². The van der Waals surface area contributed by atoms with Gasteiger partial charge in [0.1, 0.15) is 0 Å². The summed E-state index contributed by atoms with van der Waals surface area (Å²) in [5.74, 6) is 0.240. The molecule has 0 aliphatic carbocycles. The molecule has 0 unspecified atom stereocenters. The van der Waals surface area contributed by atoms with E-state index in [-0.39, 0.29) is 22.6 Å². The van der Waals surface area contributed by atoms with Gasteiger partial charge in [0, 0.05) is 44.8 Å². The summed E-state index contributed by atoms with van der Waals surface area (Å²) in [6.07, 6.45) is 1.67. The summed E-state index contributed by atoms with van der Waals surface area (Å²) in [6, 6.07) is 12.6. The third kappa shape index (κ3) is 7.93. The molecule has 4 rings (SSSR count). The fourth-order valence-electron chi connectivity index (χ4n) is 5.12. The number of aromatic nitrogens is 1. The lowest BCUT2D eigenvalue weighted by atomic mass is 10.1. The summed E-state index contributed by atoms with van der Waals surface area (Å²) in [4.78, 5) is 23.2. The largest absolute Gasteiger partial charge is 0.379 e. The molecule has 10 heteroatoms. The standard InChI is InChI=1S/C31H44N4O4S2/c1-6-25-9-7-10-28-29(25)32-31(40-28)35(16-8-15-33-17-19-39-20-18-33)30(36)26-11-13-27(14-12-26)41(37,38)34(21-23(2)3)22-24(4)5/h7,9-14,23-24H,6,8,15-22H2,1-5H3. The number of amides is 1. The molecule has 0 atom stereocenters. The van der Waals surface area contributed by atoms with Crippen LogP contribution in [0.25, 0.3) is 10.2 Å². The number of anilines is 1. The molecule has 1 amide bonds. The van der Waals surface area contributed by atoms with Crippen LogP contribution in [0.3, 0.4) is 0 Å². The topological polar surface area (TPSA) is 83.0 Å². The number of benzene rings is 2. The minimum atomic E-state index is -3.68. The van der Waals surface area contributed by atoms with Crippen LogP contribution in [0.2, 0.25) is 0 Å². The molecule has 1 aliphatic rings. The highest BCUT2D eigenvalue weighted by atomic mass is 32.2. The number of carbonyl (C=O) groups is 1. The average molecular weight is 601 g/mol. The van der Waals surface area contributed by atoms with E-state index in [2.05, 4.69) is 17.9 Å². The number of aryl methyl sites for hydroxylation is 1. The van der Waals surface area contributed by atoms with E-state index in [1.165, 1.54) is 11.3 Å². The average Bonchev–Trinajstić information content (AvgIpc) is 3.39. The number of thiazole rings is 1. The van der Waals surface area contributed by atoms with Gasteiger partial charge in [-0.3, -0.25) is 14.6 Å². The van der Waals surface area contributed by atoms with Crippen molar-refractivity contribution in [2.24, 2.45) is 11.8 Å². The predicted molar refractivity (Wildman–Crippen MR) is 167 cm³/mol. The van der Waals surface area contributed by atoms with Crippen molar-refractivity contribution in [3.8, 4) is 0 Å². The highest BCUT2D eigenvalue weighted by Crippen LogP contribution is 2.32. The van der Waals surface area contributed by atoms with Crippen molar-refractivity contribution in [3.05, 3.63) is 53.6 Å². The van der Waals surface area contributed by atoms with Crippen LogP contribution in [0.1, 0.15) is 57.0 Å². The highest BCUT2D eigenvalue weighted by Gasteiger charge is 2.27. The van der Waals surface area contributed by atoms with Gasteiger partial charge in [0.05, 0.1) is 28.3 Å². The van der Waals surface area contributed by atoms with E-state index in [0.717, 1.165) is 61.5 Å². The van der Waals surface area contributed by atoms with Crippen molar-refractivity contribution in [3.63, 3.8) is 0 Å². The minimum Gasteiger partial charge on any atom is -0.379 e. The molecular weight excluding hydrogens is 556 g/mol. The van der Waals surface area contributed by atoms with Crippen molar-refractivity contribution < 1.29 is 17.9 Å². The number of hydrogen-bond acceptors (Lipinski definition) is 7. The number of fused-ring (bicyclic) bond motifs is 1. The van der Waals surface area contributed by atoms with Gasteiger partial charge in [0.25, 0.3) is 5.91 Å². The molecule has 0 bridgehead atoms. The quantitative estimate of drug-likeness (QED) is 0.257. The van der Waals surface area contributed by atoms with Crippen molar-refractivity contribution in [1.29, 1.82) is 0 Å². The molecule has 1 saturated heterocycles. The normalized spacial score (nSPS) is 14.9. The number of sulfonamides is 1. The first-order valence-corrected chi connectivity index (χ1v) is 17.0. The summed E-state index contributed by atoms with van der Waals surface area (Å²) in [6.45, 7) is 15.8. The summed E-state index contributed by atoms with van der Waals surface area (Å²) in [7, 11) is -3.68. The van der Waals surface area contributed by atoms with E-state index in [0.29, 0.717) is 30.3 Å². The molecule has 41 heavy (non-hydrogen) atoms. The van der Waals surface area contributed by atoms with Gasteiger partial charge in [-0.05, 0) is 60.6 Å². The number of nitrogens with zero attached hydrogens (tertiary/aromatic N) is 4. The first-order chi connectivity index (χ1) is 19.6. The van der Waals surface area contributed by atoms with Gasteiger partial charge in [-0.25, -0.2) is 13.4 Å². The van der Waals surface area contributed by atoms with Crippen molar-refractivity contribution in [2.45, 2.75) is 52.4 Å². The van der Waals surface area contributed by atoms with Gasteiger partial charge in [-0.2, -0.15) is 4.31 Å². The Morgan fingerprint density at radius 3 is 2.29 bits per heavy atom. The maximum absolute atomic E-state index is 13.9. The number of para-hydroxylation sites is 1. The van der Waals surface area contributed by atoms with Gasteiger partial charge < -0.3 is 4.74 Å². The van der Waals surface area contributed by atoms with Crippen molar-refractivity contribution in [1.82, 2.24) is 14.2 Å². The van der Waals surface area contributed by atoms with Crippen LogP contribution in [0, 0.1) is 11.8 Å². The second-order valence-electron chi connectivity index (χ2n) is 11.5. The predicted octanol–water partition coefficient (Wildman–Crippen LogP) is 5.53. The summed E-state index contributed by atoms with van der Waals surface area (Å²) in [5, 5.41) is 0.671. The maximum atomic E-state index is 13.9. The van der Waals surface area contributed by atoms with E-state index in [9.17, 15) is 13.2 Å². The van der Waals surface area contributed by atoms with Crippen molar-refractivity contribution >= 4 is 42.6 Å². The van der Waals surface area contributed by atoms with Gasteiger partial charge in [-0.15, -0.1) is 0 Å². The van der Waals surface area contributed by atoms with Gasteiger partial charge in [0.15, 0.2) is 5.13 Å². The summed E-state index contributed by atoms with van der Waals surface area (Å²) >= 11 is 1.52. The fourth-order valence-corrected chi connectivity index (χ4v) is 7.92. The lowest BCUT2D eigenvalue weighted by molar-refractivity contribution is 0.0376. The Balaban J connectivity index is 1.60. The second kappa shape index (κ2) is 14.2. The number of rotatable bonds is 13. The molecule has 224 valence electrons. The first-order valence-electron chi connectivity index (χ1n) is 14.7. The van der Waals surface area contributed by atoms with Crippen LogP contribution in [-0.2, 0) is 21.2 Å². The van der Waals surface area contributed by atoms with Crippen LogP contribution in [0.4, 0.5) is 5.13 Å². The molecule has 1 aliphatic heterocycles.